The number of carboxylic acid groups (broad SMARTS) is 1. The lowest BCUT2D eigenvalue weighted by molar-refractivity contribution is -0.138. The van der Waals surface area contributed by atoms with Crippen LogP contribution in [0.5, 0.6) is 5.75 Å². The van der Waals surface area contributed by atoms with Crippen molar-refractivity contribution in [2.24, 2.45) is 0 Å². The van der Waals surface area contributed by atoms with E-state index in [2.05, 4.69) is 6.58 Å². The third kappa shape index (κ3) is 3.24. The SMILES string of the molecule is C=CCOc1ccc(C(=O)O)c(C(F)(F)F)c1. The summed E-state index contributed by atoms with van der Waals surface area (Å²) in [4.78, 5) is 10.6. The minimum Gasteiger partial charge on any atom is -0.490 e. The summed E-state index contributed by atoms with van der Waals surface area (Å²) >= 11 is 0. The Bertz CT molecular complexity index is 438. The van der Waals surface area contributed by atoms with Crippen LogP contribution in [0.4, 0.5) is 13.2 Å². The van der Waals surface area contributed by atoms with Crippen molar-refractivity contribution in [1.29, 1.82) is 0 Å². The Kier molecular flexibility index (Phi) is 3.77. The van der Waals surface area contributed by atoms with Gasteiger partial charge in [0.25, 0.3) is 0 Å². The molecule has 17 heavy (non-hydrogen) atoms. The molecule has 1 N–H and O–H groups in total. The van der Waals surface area contributed by atoms with Gasteiger partial charge in [-0.3, -0.25) is 0 Å². The first kappa shape index (κ1) is 13.1. The predicted octanol–water partition coefficient (Wildman–Crippen LogP) is 2.97. The molecule has 0 saturated heterocycles. The minimum absolute atomic E-state index is 0.0454. The maximum absolute atomic E-state index is 12.6. The second-order valence-corrected chi connectivity index (χ2v) is 3.11. The zero-order valence-electron chi connectivity index (χ0n) is 8.62. The number of halogens is 3. The van der Waals surface area contributed by atoms with Crippen LogP contribution in [0.2, 0.25) is 0 Å². The van der Waals surface area contributed by atoms with Gasteiger partial charge >= 0.3 is 12.1 Å². The first-order chi connectivity index (χ1) is 7.86. The number of hydrogen-bond acceptors (Lipinski definition) is 2. The van der Waals surface area contributed by atoms with Crippen molar-refractivity contribution in [3.63, 3.8) is 0 Å². The first-order valence-electron chi connectivity index (χ1n) is 4.54. The molecule has 0 aromatic heterocycles. The molecule has 0 saturated carbocycles. The molecule has 1 rings (SSSR count). The van der Waals surface area contributed by atoms with Gasteiger partial charge in [-0.25, -0.2) is 4.79 Å². The smallest absolute Gasteiger partial charge is 0.417 e. The van der Waals surface area contributed by atoms with Gasteiger partial charge in [-0.15, -0.1) is 0 Å². The topological polar surface area (TPSA) is 46.5 Å². The Hall–Kier alpha value is -1.98. The molecule has 0 heterocycles. The van der Waals surface area contributed by atoms with E-state index in [0.717, 1.165) is 6.07 Å². The van der Waals surface area contributed by atoms with E-state index in [4.69, 9.17) is 9.84 Å². The molecule has 3 nitrogen and oxygen atoms in total. The monoisotopic (exact) mass is 246 g/mol. The summed E-state index contributed by atoms with van der Waals surface area (Å²) < 4.78 is 42.6. The summed E-state index contributed by atoms with van der Waals surface area (Å²) in [7, 11) is 0. The average molecular weight is 246 g/mol. The molecule has 0 atom stereocenters. The standard InChI is InChI=1S/C11H9F3O3/c1-2-5-17-7-3-4-8(10(15)16)9(6-7)11(12,13)14/h2-4,6H,1,5H2,(H,15,16). The van der Waals surface area contributed by atoms with Crippen LogP contribution < -0.4 is 4.74 Å². The van der Waals surface area contributed by atoms with Crippen LogP contribution >= 0.6 is 0 Å². The van der Waals surface area contributed by atoms with E-state index in [1.807, 2.05) is 0 Å². The molecule has 0 fully saturated rings. The summed E-state index contributed by atoms with van der Waals surface area (Å²) in [5, 5.41) is 8.64. The van der Waals surface area contributed by atoms with E-state index in [0.29, 0.717) is 6.07 Å². The number of aromatic carboxylic acids is 1. The minimum atomic E-state index is -4.73. The Balaban J connectivity index is 3.19. The van der Waals surface area contributed by atoms with Gasteiger partial charge in [0, 0.05) is 0 Å². The second kappa shape index (κ2) is 4.90. The number of hydrogen-bond donors (Lipinski definition) is 1. The lowest BCUT2D eigenvalue weighted by Gasteiger charge is -2.12. The van der Waals surface area contributed by atoms with Crippen LogP contribution in [0.15, 0.2) is 30.9 Å². The molecule has 1 aromatic rings. The molecule has 6 heteroatoms. The Morgan fingerprint density at radius 1 is 1.47 bits per heavy atom. The fraction of sp³-hybridized carbons (Fsp3) is 0.182. The number of ether oxygens (including phenoxy) is 1. The highest BCUT2D eigenvalue weighted by Crippen LogP contribution is 2.34. The maximum Gasteiger partial charge on any atom is 0.417 e. The molecule has 0 aliphatic heterocycles. The molecule has 0 radical (unpaired) electrons. The van der Waals surface area contributed by atoms with E-state index in [9.17, 15) is 18.0 Å². The summed E-state index contributed by atoms with van der Waals surface area (Å²) in [6.07, 6.45) is -3.36. The molecular weight excluding hydrogens is 237 g/mol. The van der Waals surface area contributed by atoms with Crippen LogP contribution in [0, 0.1) is 0 Å². The van der Waals surface area contributed by atoms with Crippen molar-refractivity contribution < 1.29 is 27.8 Å². The molecule has 0 spiro atoms. The van der Waals surface area contributed by atoms with Crippen molar-refractivity contribution in [2.45, 2.75) is 6.18 Å². The van der Waals surface area contributed by atoms with Gasteiger partial charge in [-0.2, -0.15) is 13.2 Å². The number of carboxylic acids is 1. The molecule has 0 bridgehead atoms. The van der Waals surface area contributed by atoms with E-state index < -0.39 is 23.3 Å². The van der Waals surface area contributed by atoms with E-state index in [-0.39, 0.29) is 12.4 Å². The highest BCUT2D eigenvalue weighted by atomic mass is 19.4. The normalized spacial score (nSPS) is 11.0. The van der Waals surface area contributed by atoms with Crippen molar-refractivity contribution in [3.8, 4) is 5.75 Å². The number of carbonyl (C=O) groups is 1. The summed E-state index contributed by atoms with van der Waals surface area (Å²) in [6, 6.07) is 2.69. The van der Waals surface area contributed by atoms with Gasteiger partial charge in [0.2, 0.25) is 0 Å². The molecule has 0 unspecified atom stereocenters. The molecule has 0 aliphatic carbocycles. The summed E-state index contributed by atoms with van der Waals surface area (Å²) in [6.45, 7) is 3.40. The van der Waals surface area contributed by atoms with Crippen LogP contribution in [0.1, 0.15) is 15.9 Å². The van der Waals surface area contributed by atoms with Crippen molar-refractivity contribution in [3.05, 3.63) is 42.0 Å². The Labute approximate surface area is 95.1 Å². The zero-order chi connectivity index (χ0) is 13.1. The van der Waals surface area contributed by atoms with Crippen LogP contribution in [-0.4, -0.2) is 17.7 Å². The summed E-state index contributed by atoms with van der Waals surface area (Å²) in [5.41, 5.74) is -2.03. The van der Waals surface area contributed by atoms with Gasteiger partial charge in [-0.1, -0.05) is 12.7 Å². The highest BCUT2D eigenvalue weighted by molar-refractivity contribution is 5.89. The molecule has 1 aromatic carbocycles. The third-order valence-electron chi connectivity index (χ3n) is 1.89. The maximum atomic E-state index is 12.6. The van der Waals surface area contributed by atoms with Gasteiger partial charge in [0.1, 0.15) is 12.4 Å². The van der Waals surface area contributed by atoms with Crippen molar-refractivity contribution in [2.75, 3.05) is 6.61 Å². The van der Waals surface area contributed by atoms with E-state index in [1.165, 1.54) is 12.1 Å². The van der Waals surface area contributed by atoms with Gasteiger partial charge < -0.3 is 9.84 Å². The largest absolute Gasteiger partial charge is 0.490 e. The molecular formula is C11H9F3O3. The third-order valence-corrected chi connectivity index (χ3v) is 1.89. The lowest BCUT2D eigenvalue weighted by Crippen LogP contribution is -2.13. The highest BCUT2D eigenvalue weighted by Gasteiger charge is 2.35. The molecule has 92 valence electrons. The number of benzene rings is 1. The van der Waals surface area contributed by atoms with Crippen LogP contribution in [0.3, 0.4) is 0 Å². The van der Waals surface area contributed by atoms with Crippen LogP contribution in [0.25, 0.3) is 0 Å². The average Bonchev–Trinajstić information content (AvgIpc) is 2.24. The second-order valence-electron chi connectivity index (χ2n) is 3.11. The fourth-order valence-electron chi connectivity index (χ4n) is 1.19. The van der Waals surface area contributed by atoms with Crippen LogP contribution in [-0.2, 0) is 6.18 Å². The Morgan fingerprint density at radius 2 is 2.12 bits per heavy atom. The van der Waals surface area contributed by atoms with Gasteiger partial charge in [0.05, 0.1) is 11.1 Å². The lowest BCUT2D eigenvalue weighted by atomic mass is 10.1. The Morgan fingerprint density at radius 3 is 2.59 bits per heavy atom. The van der Waals surface area contributed by atoms with E-state index in [1.54, 1.807) is 0 Å². The predicted molar refractivity (Wildman–Crippen MR) is 54.1 cm³/mol. The molecule has 0 aliphatic rings. The van der Waals surface area contributed by atoms with Crippen molar-refractivity contribution >= 4 is 5.97 Å². The van der Waals surface area contributed by atoms with Gasteiger partial charge in [0.15, 0.2) is 0 Å². The number of rotatable bonds is 4. The zero-order valence-corrected chi connectivity index (χ0v) is 8.62. The van der Waals surface area contributed by atoms with Gasteiger partial charge in [-0.05, 0) is 18.2 Å². The van der Waals surface area contributed by atoms with E-state index >= 15 is 0 Å². The van der Waals surface area contributed by atoms with Crippen molar-refractivity contribution in [1.82, 2.24) is 0 Å². The quantitative estimate of drug-likeness (QED) is 0.831. The molecule has 0 amide bonds. The number of alkyl halides is 3. The fourth-order valence-corrected chi connectivity index (χ4v) is 1.19. The summed E-state index contributed by atoms with van der Waals surface area (Å²) in [5.74, 6) is -1.69. The first-order valence-corrected chi connectivity index (χ1v) is 4.54.